The number of carbonyl (C=O) groups is 1. The van der Waals surface area contributed by atoms with Crippen LogP contribution < -0.4 is 5.32 Å². The molecule has 0 aromatic carbocycles. The van der Waals surface area contributed by atoms with Gasteiger partial charge in [-0.1, -0.05) is 20.8 Å². The predicted molar refractivity (Wildman–Crippen MR) is 66.3 cm³/mol. The first-order valence-electron chi connectivity index (χ1n) is 5.54. The van der Waals surface area contributed by atoms with Gasteiger partial charge in [-0.15, -0.1) is 11.8 Å². The van der Waals surface area contributed by atoms with Gasteiger partial charge >= 0.3 is 0 Å². The fraction of sp³-hybridized carbons (Fsp3) is 0.909. The lowest BCUT2D eigenvalue weighted by atomic mass is 10.2. The van der Waals surface area contributed by atoms with Crippen molar-refractivity contribution in [1.29, 1.82) is 0 Å². The molecule has 15 heavy (non-hydrogen) atoms. The summed E-state index contributed by atoms with van der Waals surface area (Å²) < 4.78 is 0.174. The molecule has 1 fully saturated rings. The van der Waals surface area contributed by atoms with Gasteiger partial charge in [0.25, 0.3) is 0 Å². The normalized spacial score (nSPS) is 22.9. The first-order valence-corrected chi connectivity index (χ1v) is 6.53. The molecule has 0 aliphatic carbocycles. The van der Waals surface area contributed by atoms with Crippen LogP contribution >= 0.6 is 11.8 Å². The number of piperazine rings is 1. The fourth-order valence-electron chi connectivity index (χ4n) is 1.57. The first kappa shape index (κ1) is 12.8. The molecule has 0 spiro atoms. The van der Waals surface area contributed by atoms with Crippen LogP contribution in [0.4, 0.5) is 0 Å². The molecule has 4 heteroatoms. The van der Waals surface area contributed by atoms with Crippen LogP contribution in [0, 0.1) is 0 Å². The number of nitrogens with zero attached hydrogens (tertiary/aromatic N) is 1. The zero-order valence-electron chi connectivity index (χ0n) is 10.2. The van der Waals surface area contributed by atoms with Crippen molar-refractivity contribution in [2.45, 2.75) is 38.5 Å². The van der Waals surface area contributed by atoms with Gasteiger partial charge in [0, 0.05) is 30.4 Å². The minimum atomic E-state index is 0.174. The van der Waals surface area contributed by atoms with E-state index >= 15 is 0 Å². The zero-order chi connectivity index (χ0) is 11.5. The van der Waals surface area contributed by atoms with E-state index in [1.54, 1.807) is 11.8 Å². The van der Waals surface area contributed by atoms with Crippen molar-refractivity contribution in [3.8, 4) is 0 Å². The number of hydrogen-bond donors (Lipinski definition) is 1. The number of thioether (sulfide) groups is 1. The summed E-state index contributed by atoms with van der Waals surface area (Å²) >= 11 is 1.73. The van der Waals surface area contributed by atoms with Gasteiger partial charge in [0.1, 0.15) is 0 Å². The Hall–Kier alpha value is -0.220. The second kappa shape index (κ2) is 5.21. The van der Waals surface area contributed by atoms with Gasteiger partial charge in [-0.3, -0.25) is 4.79 Å². The molecular weight excluding hydrogens is 208 g/mol. The smallest absolute Gasteiger partial charge is 0.232 e. The predicted octanol–water partition coefficient (Wildman–Crippen LogP) is 1.34. The molecule has 0 radical (unpaired) electrons. The van der Waals surface area contributed by atoms with Crippen molar-refractivity contribution in [2.24, 2.45) is 0 Å². The van der Waals surface area contributed by atoms with E-state index in [0.717, 1.165) is 19.6 Å². The Morgan fingerprint density at radius 2 is 2.20 bits per heavy atom. The Labute approximate surface area is 97.0 Å². The summed E-state index contributed by atoms with van der Waals surface area (Å²) in [6.45, 7) is 11.2. The Balaban J connectivity index is 2.39. The van der Waals surface area contributed by atoms with Gasteiger partial charge in [-0.05, 0) is 6.92 Å². The van der Waals surface area contributed by atoms with Crippen molar-refractivity contribution in [2.75, 3.05) is 25.4 Å². The van der Waals surface area contributed by atoms with Gasteiger partial charge in [0.05, 0.1) is 5.75 Å². The van der Waals surface area contributed by atoms with Crippen molar-refractivity contribution >= 4 is 17.7 Å². The molecule has 1 rings (SSSR count). The molecule has 0 saturated carbocycles. The van der Waals surface area contributed by atoms with Crippen LogP contribution in [-0.4, -0.2) is 47.0 Å². The van der Waals surface area contributed by atoms with E-state index in [-0.39, 0.29) is 10.7 Å². The van der Waals surface area contributed by atoms with Crippen LogP contribution in [-0.2, 0) is 4.79 Å². The zero-order valence-corrected chi connectivity index (χ0v) is 11.0. The standard InChI is InChI=1S/C11H22N2OS/c1-9-7-12-5-6-13(9)10(14)8-15-11(2,3)4/h9,12H,5-8H2,1-4H3/t9-/m0/s1. The molecular formula is C11H22N2OS. The Morgan fingerprint density at radius 1 is 1.53 bits per heavy atom. The highest BCUT2D eigenvalue weighted by atomic mass is 32.2. The lowest BCUT2D eigenvalue weighted by Gasteiger charge is -2.34. The van der Waals surface area contributed by atoms with E-state index in [1.807, 2.05) is 4.90 Å². The summed E-state index contributed by atoms with van der Waals surface area (Å²) in [7, 11) is 0. The quantitative estimate of drug-likeness (QED) is 0.777. The van der Waals surface area contributed by atoms with Crippen LogP contribution in [0.1, 0.15) is 27.7 Å². The van der Waals surface area contributed by atoms with Gasteiger partial charge in [-0.25, -0.2) is 0 Å². The summed E-state index contributed by atoms with van der Waals surface area (Å²) in [6, 6.07) is 0.340. The molecule has 0 aromatic heterocycles. The van der Waals surface area contributed by atoms with Gasteiger partial charge in [-0.2, -0.15) is 0 Å². The largest absolute Gasteiger partial charge is 0.337 e. The van der Waals surface area contributed by atoms with Gasteiger partial charge in [0.2, 0.25) is 5.91 Å². The Kier molecular flexibility index (Phi) is 4.46. The average Bonchev–Trinajstić information content (AvgIpc) is 2.14. The monoisotopic (exact) mass is 230 g/mol. The Morgan fingerprint density at radius 3 is 2.73 bits per heavy atom. The fourth-order valence-corrected chi connectivity index (χ4v) is 2.30. The molecule has 1 amide bonds. The number of carbonyl (C=O) groups excluding carboxylic acids is 1. The maximum atomic E-state index is 11.9. The van der Waals surface area contributed by atoms with E-state index < -0.39 is 0 Å². The molecule has 1 aliphatic rings. The lowest BCUT2D eigenvalue weighted by molar-refractivity contribution is -0.131. The highest BCUT2D eigenvalue weighted by Crippen LogP contribution is 2.23. The SMILES string of the molecule is C[C@H]1CNCCN1C(=O)CSC(C)(C)C. The number of rotatable bonds is 2. The van der Waals surface area contributed by atoms with E-state index in [1.165, 1.54) is 0 Å². The van der Waals surface area contributed by atoms with E-state index in [0.29, 0.717) is 11.8 Å². The molecule has 0 bridgehead atoms. The van der Waals surface area contributed by atoms with Crippen LogP contribution in [0.5, 0.6) is 0 Å². The number of amides is 1. The minimum absolute atomic E-state index is 0.174. The van der Waals surface area contributed by atoms with Crippen LogP contribution in [0.3, 0.4) is 0 Å². The second-order valence-corrected chi connectivity index (χ2v) is 6.84. The molecule has 1 atom stereocenters. The summed E-state index contributed by atoms with van der Waals surface area (Å²) in [5.74, 6) is 0.886. The van der Waals surface area contributed by atoms with Crippen molar-refractivity contribution in [3.63, 3.8) is 0 Å². The number of nitrogens with one attached hydrogen (secondary N) is 1. The van der Waals surface area contributed by atoms with Crippen LogP contribution in [0.25, 0.3) is 0 Å². The van der Waals surface area contributed by atoms with E-state index in [4.69, 9.17) is 0 Å². The molecule has 1 saturated heterocycles. The average molecular weight is 230 g/mol. The van der Waals surface area contributed by atoms with Crippen molar-refractivity contribution < 1.29 is 4.79 Å². The topological polar surface area (TPSA) is 32.3 Å². The van der Waals surface area contributed by atoms with E-state index in [2.05, 4.69) is 33.0 Å². The summed E-state index contributed by atoms with van der Waals surface area (Å²) in [5.41, 5.74) is 0. The van der Waals surface area contributed by atoms with Gasteiger partial charge in [0.15, 0.2) is 0 Å². The van der Waals surface area contributed by atoms with Crippen molar-refractivity contribution in [1.82, 2.24) is 10.2 Å². The summed E-state index contributed by atoms with van der Waals surface area (Å²) in [5, 5.41) is 3.29. The molecule has 0 aromatic rings. The third kappa shape index (κ3) is 4.43. The van der Waals surface area contributed by atoms with Gasteiger partial charge < -0.3 is 10.2 Å². The minimum Gasteiger partial charge on any atom is -0.337 e. The molecule has 1 N–H and O–H groups in total. The molecule has 3 nitrogen and oxygen atoms in total. The highest BCUT2D eigenvalue weighted by molar-refractivity contribution is 8.01. The Bertz CT molecular complexity index is 225. The maximum Gasteiger partial charge on any atom is 0.232 e. The number of hydrogen-bond acceptors (Lipinski definition) is 3. The highest BCUT2D eigenvalue weighted by Gasteiger charge is 2.24. The third-order valence-electron chi connectivity index (χ3n) is 2.45. The van der Waals surface area contributed by atoms with Crippen LogP contribution in [0.15, 0.2) is 0 Å². The molecule has 1 heterocycles. The first-order chi connectivity index (χ1) is 6.90. The van der Waals surface area contributed by atoms with Crippen molar-refractivity contribution in [3.05, 3.63) is 0 Å². The van der Waals surface area contributed by atoms with E-state index in [9.17, 15) is 4.79 Å². The maximum absolute atomic E-state index is 11.9. The third-order valence-corrected chi connectivity index (χ3v) is 3.71. The molecule has 0 unspecified atom stereocenters. The lowest BCUT2D eigenvalue weighted by Crippen LogP contribution is -2.52. The summed E-state index contributed by atoms with van der Waals surface area (Å²) in [6.07, 6.45) is 0. The molecule has 1 aliphatic heterocycles. The summed E-state index contributed by atoms with van der Waals surface area (Å²) in [4.78, 5) is 13.9. The van der Waals surface area contributed by atoms with Crippen LogP contribution in [0.2, 0.25) is 0 Å². The molecule has 88 valence electrons. The second-order valence-electron chi connectivity index (χ2n) is 5.04.